The molecule has 0 aliphatic carbocycles. The molecule has 0 heterocycles. The molecule has 0 atom stereocenters. The lowest BCUT2D eigenvalue weighted by Gasteiger charge is -2.19. The maximum atomic E-state index is 12.7. The Bertz CT molecular complexity index is 2100. The van der Waals surface area contributed by atoms with Gasteiger partial charge in [-0.15, -0.1) is 0 Å². The number of methoxy groups -OCH3 is 2. The first kappa shape index (κ1) is 57.8. The van der Waals surface area contributed by atoms with Crippen molar-refractivity contribution in [3.8, 4) is 0 Å². The van der Waals surface area contributed by atoms with Crippen LogP contribution in [0.3, 0.4) is 0 Å². The number of aliphatic hydroxyl groups excluding tert-OH is 1. The molecule has 3 aromatic carbocycles. The molecule has 0 aromatic heterocycles. The molecule has 0 saturated heterocycles. The van der Waals surface area contributed by atoms with Crippen LogP contribution >= 0.6 is 22.8 Å². The van der Waals surface area contributed by atoms with E-state index in [0.717, 1.165) is 0 Å². The highest BCUT2D eigenvalue weighted by Gasteiger charge is 2.28. The number of carbonyl (C=O) groups is 4. The molecule has 0 aliphatic rings. The Morgan fingerprint density at radius 2 is 0.859 bits per heavy atom. The number of benzene rings is 3. The van der Waals surface area contributed by atoms with Crippen LogP contribution in [0, 0.1) is 0 Å². The molecule has 358 valence electrons. The minimum Gasteiger partial charge on any atom is -0.465 e. The highest BCUT2D eigenvalue weighted by molar-refractivity contribution is 7.53. The second kappa shape index (κ2) is 29.3. The van der Waals surface area contributed by atoms with Crippen molar-refractivity contribution in [1.29, 1.82) is 0 Å². The maximum absolute atomic E-state index is 12.7. The molecule has 0 bridgehead atoms. The Kier molecular flexibility index (Phi) is 26.5. The number of hydrogen-bond donors (Lipinski definition) is 4. The van der Waals surface area contributed by atoms with Crippen LogP contribution in [0.2, 0.25) is 0 Å². The minimum absolute atomic E-state index is 0.0192. The second-order valence-electron chi connectivity index (χ2n) is 13.1. The molecular weight excluding hydrogens is 895 g/mol. The first-order valence-corrected chi connectivity index (χ1v) is 25.5. The topological polar surface area (TPSA) is 264 Å². The zero-order valence-electron chi connectivity index (χ0n) is 38.3. The van der Waals surface area contributed by atoms with Crippen molar-refractivity contribution in [1.82, 2.24) is 0 Å². The number of hydrogen-bond acceptors (Lipinski definition) is 17. The number of nitrogen functional groups attached to an aromatic ring is 1. The van der Waals surface area contributed by atoms with Crippen molar-refractivity contribution in [2.24, 2.45) is 0 Å². The molecule has 0 unspecified atom stereocenters. The van der Waals surface area contributed by atoms with E-state index in [1.165, 1.54) is 40.2 Å². The number of nitrogens with two attached hydrogens (primary N) is 1. The smallest absolute Gasteiger partial charge is 0.337 e. The van der Waals surface area contributed by atoms with E-state index in [1.807, 2.05) is 0 Å². The summed E-state index contributed by atoms with van der Waals surface area (Å²) in [5.74, 6) is -1.51. The Morgan fingerprint density at radius 1 is 0.531 bits per heavy atom. The normalized spacial score (nSPS) is 11.3. The summed E-state index contributed by atoms with van der Waals surface area (Å²) in [6, 6.07) is 14.3. The summed E-state index contributed by atoms with van der Waals surface area (Å²) in [6.07, 6.45) is -0.00138. The van der Waals surface area contributed by atoms with Crippen molar-refractivity contribution in [3.05, 3.63) is 88.0 Å². The highest BCUT2D eigenvalue weighted by Crippen LogP contribution is 2.54. The Morgan fingerprint density at radius 3 is 1.20 bits per heavy atom. The molecule has 5 N–H and O–H groups in total. The molecule has 19 nitrogen and oxygen atoms in total. The average molecular weight is 960 g/mol. The van der Waals surface area contributed by atoms with Crippen molar-refractivity contribution < 1.29 is 74.6 Å². The van der Waals surface area contributed by atoms with Gasteiger partial charge in [0.05, 0.1) is 90.1 Å². The van der Waals surface area contributed by atoms with Crippen molar-refractivity contribution in [3.63, 3.8) is 0 Å². The van der Waals surface area contributed by atoms with Gasteiger partial charge < -0.3 is 58.1 Å². The molecule has 0 aliphatic heterocycles. The quantitative estimate of drug-likeness (QED) is 0.0392. The molecule has 0 radical (unpaired) electrons. The molecule has 2 amide bonds. The van der Waals surface area contributed by atoms with Crippen molar-refractivity contribution in [2.75, 3.05) is 70.2 Å². The lowest BCUT2D eigenvalue weighted by molar-refractivity contribution is -0.115. The molecule has 3 rings (SSSR count). The van der Waals surface area contributed by atoms with E-state index in [9.17, 15) is 38.0 Å². The number of amides is 2. The number of rotatable bonds is 23. The predicted molar refractivity (Wildman–Crippen MR) is 245 cm³/mol. The van der Waals surface area contributed by atoms with Crippen LogP contribution in [0.5, 0.6) is 0 Å². The van der Waals surface area contributed by atoms with Gasteiger partial charge in [0.15, 0.2) is 0 Å². The van der Waals surface area contributed by atoms with Gasteiger partial charge in [0.1, 0.15) is 0 Å². The number of anilines is 3. The van der Waals surface area contributed by atoms with E-state index in [4.69, 9.17) is 32.9 Å². The first-order chi connectivity index (χ1) is 30.2. The summed E-state index contributed by atoms with van der Waals surface area (Å²) in [6.45, 7) is 14.5. The molecule has 22 heteroatoms. The number of ether oxygens (including phenoxy) is 2. The van der Waals surface area contributed by atoms with Crippen molar-refractivity contribution >= 4 is 63.6 Å². The van der Waals surface area contributed by atoms with Gasteiger partial charge in [0.2, 0.25) is 11.8 Å². The molecule has 0 fully saturated rings. The monoisotopic (exact) mass is 959 g/mol. The predicted octanol–water partition coefficient (Wildman–Crippen LogP) is 8.92. The fourth-order valence-electron chi connectivity index (χ4n) is 5.65. The van der Waals surface area contributed by atoms with E-state index in [2.05, 4.69) is 20.1 Å². The number of carbonyl (C=O) groups excluding carboxylic acids is 4. The summed E-state index contributed by atoms with van der Waals surface area (Å²) < 4.78 is 78.6. The largest absolute Gasteiger partial charge is 0.465 e. The van der Waals surface area contributed by atoms with E-state index in [-0.39, 0.29) is 82.1 Å². The van der Waals surface area contributed by atoms with Crippen LogP contribution in [-0.2, 0) is 85.0 Å². The standard InChI is InChI=1S/C15H22NO6P.C14H22NO5P.C13H20NO5P/c1-5-21-23(19,22-6-2)10-13-9-12(15(18)20-4)7-8-14(13)16-11(3)17;1-4-19-21(18,20-5-2)10-13-8-12(9-16)6-7-14(13)15-11(3)17;1-4-18-20(16,19-5-2)9-11-8-10(13(15)17-3)6-7-12(11)14/h7-9H,5-6,10H2,1-4H3,(H,16,17);6-8,16H,4-5,9-10H2,1-3H3,(H,15,17);6-8H,4-5,9,14H2,1-3H3. The molecule has 0 saturated carbocycles. The van der Waals surface area contributed by atoms with Gasteiger partial charge in [-0.3, -0.25) is 23.3 Å². The van der Waals surface area contributed by atoms with Crippen LogP contribution in [0.1, 0.15) is 98.4 Å². The third kappa shape index (κ3) is 20.3. The van der Waals surface area contributed by atoms with E-state index >= 15 is 0 Å². The fraction of sp³-hybridized carbons (Fsp3) is 0.476. The zero-order valence-corrected chi connectivity index (χ0v) is 40.9. The van der Waals surface area contributed by atoms with Crippen LogP contribution < -0.4 is 16.4 Å². The Labute approximate surface area is 375 Å². The third-order valence-corrected chi connectivity index (χ3v) is 14.2. The van der Waals surface area contributed by atoms with Crippen molar-refractivity contribution in [2.45, 2.75) is 80.5 Å². The van der Waals surface area contributed by atoms with Crippen LogP contribution in [0.4, 0.5) is 17.1 Å². The second-order valence-corrected chi connectivity index (χ2v) is 19.3. The lowest BCUT2D eigenvalue weighted by atomic mass is 10.1. The average Bonchev–Trinajstić information content (AvgIpc) is 3.23. The number of esters is 2. The van der Waals surface area contributed by atoms with Gasteiger partial charge in [0, 0.05) is 30.9 Å². The van der Waals surface area contributed by atoms with Gasteiger partial charge in [-0.05, 0) is 106 Å². The maximum Gasteiger partial charge on any atom is 0.337 e. The Hall–Kier alpha value is -4.25. The van der Waals surface area contributed by atoms with Gasteiger partial charge in [0.25, 0.3) is 0 Å². The van der Waals surface area contributed by atoms with Crippen LogP contribution in [0.15, 0.2) is 54.6 Å². The third-order valence-electron chi connectivity index (χ3n) is 8.11. The van der Waals surface area contributed by atoms with Gasteiger partial charge >= 0.3 is 34.7 Å². The fourth-order valence-corrected chi connectivity index (χ4v) is 10.8. The van der Waals surface area contributed by atoms with E-state index in [1.54, 1.807) is 84.0 Å². The van der Waals surface area contributed by atoms with Gasteiger partial charge in [-0.1, -0.05) is 12.1 Å². The minimum atomic E-state index is -3.37. The van der Waals surface area contributed by atoms with E-state index in [0.29, 0.717) is 44.9 Å². The highest BCUT2D eigenvalue weighted by atomic mass is 31.2. The van der Waals surface area contributed by atoms with Crippen LogP contribution in [-0.4, -0.2) is 82.7 Å². The lowest BCUT2D eigenvalue weighted by Crippen LogP contribution is -2.11. The SMILES string of the molecule is CCOP(=O)(Cc1cc(C(=O)OC)ccc1N)OCC.CCOP(=O)(Cc1cc(C(=O)OC)ccc1NC(C)=O)OCC.CCOP(=O)(Cc1cc(CO)ccc1NC(C)=O)OCC. The first-order valence-electron chi connectivity index (χ1n) is 20.3. The summed E-state index contributed by atoms with van der Waals surface area (Å²) in [7, 11) is -7.34. The molecular formula is C42H64N3O16P3. The summed E-state index contributed by atoms with van der Waals surface area (Å²) >= 11 is 0. The summed E-state index contributed by atoms with van der Waals surface area (Å²) in [5.41, 5.74) is 10.2. The van der Waals surface area contributed by atoms with Crippen LogP contribution in [0.25, 0.3) is 0 Å². The molecule has 0 spiro atoms. The number of aliphatic hydroxyl groups is 1. The zero-order chi connectivity index (χ0) is 48.5. The molecule has 64 heavy (non-hydrogen) atoms. The van der Waals surface area contributed by atoms with Gasteiger partial charge in [-0.25, -0.2) is 9.59 Å². The number of nitrogens with one attached hydrogen (secondary N) is 2. The molecule has 3 aromatic rings. The Balaban J connectivity index is 0.000000481. The van der Waals surface area contributed by atoms with E-state index < -0.39 is 34.7 Å². The summed E-state index contributed by atoms with van der Waals surface area (Å²) in [4.78, 5) is 45.7. The van der Waals surface area contributed by atoms with Gasteiger partial charge in [-0.2, -0.15) is 0 Å². The summed E-state index contributed by atoms with van der Waals surface area (Å²) in [5, 5.41) is 14.5.